The summed E-state index contributed by atoms with van der Waals surface area (Å²) in [4.78, 5) is 12.5. The number of benzene rings is 1. The van der Waals surface area contributed by atoms with Gasteiger partial charge in [0.1, 0.15) is 11.3 Å². The number of aromatic amines is 2. The van der Waals surface area contributed by atoms with Gasteiger partial charge >= 0.3 is 0 Å². The number of nitrogens with one attached hydrogen (secondary N) is 3. The van der Waals surface area contributed by atoms with Gasteiger partial charge in [0.05, 0.1) is 11.2 Å². The van der Waals surface area contributed by atoms with Gasteiger partial charge in [0.15, 0.2) is 0 Å². The van der Waals surface area contributed by atoms with Crippen LogP contribution in [0.25, 0.3) is 55.6 Å². The van der Waals surface area contributed by atoms with Crippen LogP contribution in [0.3, 0.4) is 0 Å². The highest BCUT2D eigenvalue weighted by molar-refractivity contribution is 7.08. The summed E-state index contributed by atoms with van der Waals surface area (Å²) in [5.74, 6) is 0. The highest BCUT2D eigenvalue weighted by atomic mass is 32.1. The van der Waals surface area contributed by atoms with Crippen LogP contribution in [0.15, 0.2) is 71.8 Å². The Balaban J connectivity index is 1.44. The van der Waals surface area contributed by atoms with E-state index in [9.17, 15) is 0 Å². The van der Waals surface area contributed by atoms with Crippen molar-refractivity contribution in [1.82, 2.24) is 30.5 Å². The summed E-state index contributed by atoms with van der Waals surface area (Å²) in [6.07, 6.45) is 5.68. The summed E-state index contributed by atoms with van der Waals surface area (Å²) in [6, 6.07) is 14.9. The van der Waals surface area contributed by atoms with E-state index in [0.29, 0.717) is 0 Å². The highest BCUT2D eigenvalue weighted by Crippen LogP contribution is 2.35. The molecule has 0 spiro atoms. The van der Waals surface area contributed by atoms with Crippen molar-refractivity contribution in [3.8, 4) is 33.6 Å². The van der Waals surface area contributed by atoms with Gasteiger partial charge in [-0.25, -0.2) is 4.98 Å². The van der Waals surface area contributed by atoms with Crippen molar-refractivity contribution >= 4 is 33.3 Å². The van der Waals surface area contributed by atoms with Crippen molar-refractivity contribution in [2.75, 3.05) is 6.54 Å². The second-order valence-corrected chi connectivity index (χ2v) is 8.79. The molecule has 162 valence electrons. The molecule has 0 aliphatic carbocycles. The maximum atomic E-state index is 4.64. The van der Waals surface area contributed by atoms with Crippen LogP contribution >= 0.6 is 11.3 Å². The highest BCUT2D eigenvalue weighted by Gasteiger charge is 2.15. The number of rotatable bonds is 6. The van der Waals surface area contributed by atoms with Crippen molar-refractivity contribution in [2.45, 2.75) is 13.5 Å². The molecule has 0 unspecified atom stereocenters. The van der Waals surface area contributed by atoms with E-state index in [4.69, 9.17) is 0 Å². The van der Waals surface area contributed by atoms with Gasteiger partial charge in [-0.1, -0.05) is 13.0 Å². The van der Waals surface area contributed by atoms with Crippen LogP contribution in [0.1, 0.15) is 12.5 Å². The number of fused-ring (bicyclic) bond motifs is 2. The lowest BCUT2D eigenvalue weighted by Gasteiger charge is -2.06. The summed E-state index contributed by atoms with van der Waals surface area (Å²) in [5, 5.41) is 17.6. The van der Waals surface area contributed by atoms with Crippen LogP contribution in [-0.2, 0) is 6.54 Å². The number of hydrogen-bond donors (Lipinski definition) is 3. The van der Waals surface area contributed by atoms with Crippen LogP contribution in [0.2, 0.25) is 0 Å². The Hall–Kier alpha value is -3.81. The molecule has 3 N–H and O–H groups in total. The smallest absolute Gasteiger partial charge is 0.138 e. The second kappa shape index (κ2) is 8.27. The Labute approximate surface area is 194 Å². The fourth-order valence-electron chi connectivity index (χ4n) is 4.23. The van der Waals surface area contributed by atoms with Crippen molar-refractivity contribution in [3.05, 3.63) is 77.4 Å². The fraction of sp³-hybridized carbons (Fsp3) is 0.115. The van der Waals surface area contributed by atoms with E-state index in [1.807, 2.05) is 18.6 Å². The van der Waals surface area contributed by atoms with Gasteiger partial charge < -0.3 is 10.3 Å². The topological polar surface area (TPSA) is 82.3 Å². The molecule has 6 aromatic rings. The Kier molecular flexibility index (Phi) is 4.97. The van der Waals surface area contributed by atoms with Crippen molar-refractivity contribution in [1.29, 1.82) is 0 Å². The molecule has 0 amide bonds. The summed E-state index contributed by atoms with van der Waals surface area (Å²) in [6.45, 7) is 3.85. The Morgan fingerprint density at radius 1 is 0.970 bits per heavy atom. The van der Waals surface area contributed by atoms with Crippen LogP contribution in [0.4, 0.5) is 0 Å². The van der Waals surface area contributed by atoms with Crippen molar-refractivity contribution in [2.24, 2.45) is 0 Å². The third kappa shape index (κ3) is 3.61. The van der Waals surface area contributed by atoms with Crippen LogP contribution in [0, 0.1) is 0 Å². The normalized spacial score (nSPS) is 11.5. The molecule has 7 heteroatoms. The average Bonchev–Trinajstić information content (AvgIpc) is 3.61. The molecule has 0 aliphatic rings. The first-order valence-corrected chi connectivity index (χ1v) is 11.9. The SMILES string of the molecule is CCNCc1cncc(-c2ccc3[nH]nc(-c4cc5c(-c6ccsc6)ccnc5[nH]4)c3c2)c1. The molecule has 5 aromatic heterocycles. The van der Waals surface area contributed by atoms with Gasteiger partial charge in [-0.2, -0.15) is 16.4 Å². The minimum absolute atomic E-state index is 0.811. The van der Waals surface area contributed by atoms with E-state index in [1.54, 1.807) is 11.3 Å². The Morgan fingerprint density at radius 2 is 1.94 bits per heavy atom. The van der Waals surface area contributed by atoms with E-state index in [-0.39, 0.29) is 0 Å². The van der Waals surface area contributed by atoms with E-state index < -0.39 is 0 Å². The van der Waals surface area contributed by atoms with Crippen molar-refractivity contribution < 1.29 is 0 Å². The Morgan fingerprint density at radius 3 is 2.82 bits per heavy atom. The molecule has 6 rings (SSSR count). The molecule has 5 heterocycles. The number of aromatic nitrogens is 5. The number of thiophene rings is 1. The zero-order valence-electron chi connectivity index (χ0n) is 18.1. The fourth-order valence-corrected chi connectivity index (χ4v) is 4.89. The molecule has 0 saturated carbocycles. The first-order chi connectivity index (χ1) is 16.3. The lowest BCUT2D eigenvalue weighted by molar-refractivity contribution is 0.724. The summed E-state index contributed by atoms with van der Waals surface area (Å²) in [7, 11) is 0. The Bertz CT molecular complexity index is 1560. The first kappa shape index (κ1) is 19.8. The number of hydrogen-bond acceptors (Lipinski definition) is 5. The summed E-state index contributed by atoms with van der Waals surface area (Å²) >= 11 is 1.70. The molecule has 0 atom stereocenters. The predicted molar refractivity (Wildman–Crippen MR) is 135 cm³/mol. The van der Waals surface area contributed by atoms with E-state index in [1.165, 1.54) is 16.7 Å². The lowest BCUT2D eigenvalue weighted by atomic mass is 10.0. The van der Waals surface area contributed by atoms with Gasteiger partial charge in [0, 0.05) is 41.5 Å². The number of pyridine rings is 2. The van der Waals surface area contributed by atoms with Gasteiger partial charge in [0.25, 0.3) is 0 Å². The minimum Gasteiger partial charge on any atom is -0.338 e. The zero-order valence-corrected chi connectivity index (χ0v) is 18.9. The molecular formula is C26H22N6S. The maximum Gasteiger partial charge on any atom is 0.138 e. The summed E-state index contributed by atoms with van der Waals surface area (Å²) in [5.41, 5.74) is 9.45. The molecule has 1 aromatic carbocycles. The average molecular weight is 451 g/mol. The largest absolute Gasteiger partial charge is 0.338 e. The molecule has 0 aliphatic heterocycles. The van der Waals surface area contributed by atoms with Gasteiger partial charge in [-0.3, -0.25) is 10.1 Å². The van der Waals surface area contributed by atoms with E-state index >= 15 is 0 Å². The van der Waals surface area contributed by atoms with Gasteiger partial charge in [0.2, 0.25) is 0 Å². The molecule has 0 radical (unpaired) electrons. The first-order valence-electron chi connectivity index (χ1n) is 10.9. The third-order valence-corrected chi connectivity index (χ3v) is 6.57. The van der Waals surface area contributed by atoms with Crippen LogP contribution in [-0.4, -0.2) is 31.7 Å². The maximum absolute atomic E-state index is 4.64. The van der Waals surface area contributed by atoms with E-state index in [2.05, 4.69) is 90.6 Å². The molecule has 0 saturated heterocycles. The van der Waals surface area contributed by atoms with Crippen LogP contribution in [0.5, 0.6) is 0 Å². The zero-order chi connectivity index (χ0) is 22.2. The molecular weight excluding hydrogens is 428 g/mol. The standard InChI is InChI=1S/C26H22N6S/c1-2-27-12-16-9-19(14-28-13-16)17-3-4-23-22(10-17)25(32-31-23)24-11-21-20(18-6-8-33-15-18)5-7-29-26(21)30-24/h3-11,13-15,27H,2,12H2,1H3,(H,29,30)(H,31,32). The molecule has 0 bridgehead atoms. The molecule has 0 fully saturated rings. The number of nitrogens with zero attached hydrogens (tertiary/aromatic N) is 3. The van der Waals surface area contributed by atoms with E-state index in [0.717, 1.165) is 57.5 Å². The molecule has 33 heavy (non-hydrogen) atoms. The monoisotopic (exact) mass is 450 g/mol. The quantitative estimate of drug-likeness (QED) is 0.290. The summed E-state index contributed by atoms with van der Waals surface area (Å²) < 4.78 is 0. The lowest BCUT2D eigenvalue weighted by Crippen LogP contribution is -2.11. The van der Waals surface area contributed by atoms with Gasteiger partial charge in [-0.05, 0) is 76.0 Å². The van der Waals surface area contributed by atoms with Crippen LogP contribution < -0.4 is 5.32 Å². The second-order valence-electron chi connectivity index (χ2n) is 8.01. The molecule has 6 nitrogen and oxygen atoms in total. The third-order valence-electron chi connectivity index (χ3n) is 5.89. The van der Waals surface area contributed by atoms with Crippen molar-refractivity contribution in [3.63, 3.8) is 0 Å². The number of H-pyrrole nitrogens is 2. The predicted octanol–water partition coefficient (Wildman–Crippen LogP) is 6.01. The van der Waals surface area contributed by atoms with Gasteiger partial charge in [-0.15, -0.1) is 0 Å². The minimum atomic E-state index is 0.811.